The summed E-state index contributed by atoms with van der Waals surface area (Å²) in [5.41, 5.74) is 0.982. The van der Waals surface area contributed by atoms with Crippen molar-refractivity contribution in [3.05, 3.63) is 65.2 Å². The number of rotatable bonds is 3. The first-order chi connectivity index (χ1) is 11.0. The van der Waals surface area contributed by atoms with Crippen LogP contribution in [0.1, 0.15) is 18.6 Å². The fraction of sp³-hybridized carbons (Fsp3) is 0.294. The van der Waals surface area contributed by atoms with Crippen LogP contribution in [0, 0.1) is 0 Å². The van der Waals surface area contributed by atoms with Crippen LogP contribution in [-0.2, 0) is 14.8 Å². The molecule has 0 amide bonds. The van der Waals surface area contributed by atoms with E-state index in [1.807, 2.05) is 37.3 Å². The third kappa shape index (κ3) is 3.58. The summed E-state index contributed by atoms with van der Waals surface area (Å²) in [7, 11) is -3.56. The Morgan fingerprint density at radius 1 is 1.04 bits per heavy atom. The number of benzene rings is 2. The number of hydrogen-bond donors (Lipinski definition) is 0. The second-order valence-electron chi connectivity index (χ2n) is 5.62. The number of morpholine rings is 1. The van der Waals surface area contributed by atoms with Crippen LogP contribution in [-0.4, -0.2) is 31.9 Å². The van der Waals surface area contributed by atoms with Gasteiger partial charge in [0, 0.05) is 18.1 Å². The average molecular weight is 352 g/mol. The maximum absolute atomic E-state index is 12.8. The van der Waals surface area contributed by atoms with E-state index >= 15 is 0 Å². The van der Waals surface area contributed by atoms with E-state index in [-0.39, 0.29) is 17.1 Å². The smallest absolute Gasteiger partial charge is 0.243 e. The van der Waals surface area contributed by atoms with Crippen LogP contribution in [0.5, 0.6) is 0 Å². The summed E-state index contributed by atoms with van der Waals surface area (Å²) in [5, 5.41) is 0.515. The number of nitrogens with zero attached hydrogens (tertiary/aromatic N) is 1. The van der Waals surface area contributed by atoms with Crippen LogP contribution in [0.4, 0.5) is 0 Å². The van der Waals surface area contributed by atoms with Gasteiger partial charge in [0.05, 0.1) is 17.1 Å². The van der Waals surface area contributed by atoms with Gasteiger partial charge in [0.1, 0.15) is 0 Å². The van der Waals surface area contributed by atoms with Crippen molar-refractivity contribution >= 4 is 21.6 Å². The van der Waals surface area contributed by atoms with Crippen molar-refractivity contribution in [3.63, 3.8) is 0 Å². The van der Waals surface area contributed by atoms with E-state index in [1.165, 1.54) is 16.4 Å². The van der Waals surface area contributed by atoms with Crippen LogP contribution in [0.25, 0.3) is 0 Å². The van der Waals surface area contributed by atoms with Gasteiger partial charge in [0.25, 0.3) is 0 Å². The van der Waals surface area contributed by atoms with Crippen LogP contribution in [0.15, 0.2) is 59.5 Å². The third-order valence-electron chi connectivity index (χ3n) is 3.85. The zero-order valence-electron chi connectivity index (χ0n) is 12.7. The van der Waals surface area contributed by atoms with E-state index in [1.54, 1.807) is 12.1 Å². The van der Waals surface area contributed by atoms with Crippen molar-refractivity contribution in [1.82, 2.24) is 4.31 Å². The van der Waals surface area contributed by atoms with Gasteiger partial charge in [-0.15, -0.1) is 0 Å². The molecule has 0 N–H and O–H groups in total. The summed E-state index contributed by atoms with van der Waals surface area (Å²) >= 11 is 5.85. The topological polar surface area (TPSA) is 46.6 Å². The Hall–Kier alpha value is -1.40. The summed E-state index contributed by atoms with van der Waals surface area (Å²) in [5.74, 6) is 0. The lowest BCUT2D eigenvalue weighted by molar-refractivity contribution is -0.0557. The van der Waals surface area contributed by atoms with Gasteiger partial charge >= 0.3 is 0 Å². The SMILES string of the molecule is CC1CN(S(=O)(=O)c2ccc(Cl)cc2)CC(c2ccccc2)O1. The second-order valence-corrected chi connectivity index (χ2v) is 8.00. The molecule has 2 aromatic carbocycles. The molecular formula is C17H18ClNO3S. The summed E-state index contributed by atoms with van der Waals surface area (Å²) in [6.45, 7) is 2.53. The Kier molecular flexibility index (Phi) is 4.73. The molecule has 6 heteroatoms. The van der Waals surface area contributed by atoms with Crippen molar-refractivity contribution < 1.29 is 13.2 Å². The van der Waals surface area contributed by atoms with Gasteiger partial charge in [-0.2, -0.15) is 4.31 Å². The summed E-state index contributed by atoms with van der Waals surface area (Å²) in [6, 6.07) is 15.9. The maximum atomic E-state index is 12.8. The minimum absolute atomic E-state index is 0.170. The van der Waals surface area contributed by atoms with Gasteiger partial charge < -0.3 is 4.74 Å². The molecule has 1 heterocycles. The predicted octanol–water partition coefficient (Wildman–Crippen LogP) is 3.49. The molecule has 4 nitrogen and oxygen atoms in total. The Morgan fingerprint density at radius 2 is 1.70 bits per heavy atom. The molecule has 1 fully saturated rings. The van der Waals surface area contributed by atoms with Crippen molar-refractivity contribution in [2.24, 2.45) is 0 Å². The van der Waals surface area contributed by atoms with Crippen molar-refractivity contribution in [2.75, 3.05) is 13.1 Å². The fourth-order valence-corrected chi connectivity index (χ4v) is 4.36. The van der Waals surface area contributed by atoms with E-state index in [2.05, 4.69) is 0 Å². The van der Waals surface area contributed by atoms with Gasteiger partial charge in [-0.05, 0) is 36.8 Å². The van der Waals surface area contributed by atoms with E-state index < -0.39 is 10.0 Å². The van der Waals surface area contributed by atoms with Crippen molar-refractivity contribution in [3.8, 4) is 0 Å². The Morgan fingerprint density at radius 3 is 2.35 bits per heavy atom. The van der Waals surface area contributed by atoms with Crippen LogP contribution in [0.2, 0.25) is 5.02 Å². The third-order valence-corrected chi connectivity index (χ3v) is 5.95. The molecule has 1 aliphatic rings. The quantitative estimate of drug-likeness (QED) is 0.850. The molecule has 0 radical (unpaired) electrons. The predicted molar refractivity (Wildman–Crippen MR) is 89.9 cm³/mol. The molecule has 0 aromatic heterocycles. The Labute approximate surface area is 141 Å². The molecule has 2 unspecified atom stereocenters. The molecule has 23 heavy (non-hydrogen) atoms. The monoisotopic (exact) mass is 351 g/mol. The van der Waals surface area contributed by atoms with E-state index in [0.717, 1.165) is 5.56 Å². The zero-order chi connectivity index (χ0) is 16.4. The van der Waals surface area contributed by atoms with Crippen molar-refractivity contribution in [2.45, 2.75) is 24.0 Å². The lowest BCUT2D eigenvalue weighted by Crippen LogP contribution is -2.45. The molecular weight excluding hydrogens is 334 g/mol. The molecule has 0 bridgehead atoms. The first-order valence-electron chi connectivity index (χ1n) is 7.43. The van der Waals surface area contributed by atoms with Gasteiger partial charge in [-0.1, -0.05) is 41.9 Å². The highest BCUT2D eigenvalue weighted by atomic mass is 35.5. The summed E-state index contributed by atoms with van der Waals surface area (Å²) in [4.78, 5) is 0.253. The highest BCUT2D eigenvalue weighted by molar-refractivity contribution is 7.89. The standard InChI is InChI=1S/C17H18ClNO3S/c1-13-11-19(12-17(22-13)14-5-3-2-4-6-14)23(20,21)16-9-7-15(18)8-10-16/h2-10,13,17H,11-12H2,1H3. The molecule has 0 aliphatic carbocycles. The molecule has 2 atom stereocenters. The molecule has 3 rings (SSSR count). The van der Waals surface area contributed by atoms with Gasteiger partial charge in [0.2, 0.25) is 10.0 Å². The molecule has 1 saturated heterocycles. The van der Waals surface area contributed by atoms with Gasteiger partial charge in [0.15, 0.2) is 0 Å². The number of ether oxygens (including phenoxy) is 1. The van der Waals surface area contributed by atoms with Crippen molar-refractivity contribution in [1.29, 1.82) is 0 Å². The van der Waals surface area contributed by atoms with E-state index in [9.17, 15) is 8.42 Å². The van der Waals surface area contributed by atoms with Gasteiger partial charge in [-0.25, -0.2) is 8.42 Å². The molecule has 1 aliphatic heterocycles. The Balaban J connectivity index is 1.88. The Bertz CT molecular complexity index is 762. The molecule has 0 spiro atoms. The second kappa shape index (κ2) is 6.61. The highest BCUT2D eigenvalue weighted by Crippen LogP contribution is 2.29. The zero-order valence-corrected chi connectivity index (χ0v) is 14.3. The van der Waals surface area contributed by atoms with Gasteiger partial charge in [-0.3, -0.25) is 0 Å². The van der Waals surface area contributed by atoms with Crippen LogP contribution in [0.3, 0.4) is 0 Å². The number of sulfonamides is 1. The first-order valence-corrected chi connectivity index (χ1v) is 9.25. The minimum Gasteiger partial charge on any atom is -0.368 e. The maximum Gasteiger partial charge on any atom is 0.243 e. The van der Waals surface area contributed by atoms with E-state index in [0.29, 0.717) is 18.1 Å². The van der Waals surface area contributed by atoms with Crippen LogP contribution >= 0.6 is 11.6 Å². The van der Waals surface area contributed by atoms with E-state index in [4.69, 9.17) is 16.3 Å². The largest absolute Gasteiger partial charge is 0.368 e. The average Bonchev–Trinajstić information content (AvgIpc) is 2.55. The molecule has 122 valence electrons. The first kappa shape index (κ1) is 16.5. The van der Waals surface area contributed by atoms with Crippen LogP contribution < -0.4 is 0 Å². The minimum atomic E-state index is -3.56. The molecule has 2 aromatic rings. The normalized spacial score (nSPS) is 22.9. The number of hydrogen-bond acceptors (Lipinski definition) is 3. The summed E-state index contributed by atoms with van der Waals surface area (Å²) in [6.07, 6.45) is -0.432. The lowest BCUT2D eigenvalue weighted by Gasteiger charge is -2.36. The summed E-state index contributed by atoms with van der Waals surface area (Å²) < 4.78 is 33.1. The molecule has 0 saturated carbocycles. The fourth-order valence-electron chi connectivity index (χ4n) is 2.72. The lowest BCUT2D eigenvalue weighted by atomic mass is 10.1. The number of halogens is 1. The highest BCUT2D eigenvalue weighted by Gasteiger charge is 2.34.